The molecule has 3 nitrogen and oxygen atoms in total. The van der Waals surface area contributed by atoms with E-state index in [2.05, 4.69) is 0 Å². The first-order chi connectivity index (χ1) is 7.80. The summed E-state index contributed by atoms with van der Waals surface area (Å²) in [5, 5.41) is 2.08. The fourth-order valence-corrected chi connectivity index (χ4v) is 1.75. The van der Waals surface area contributed by atoms with Crippen LogP contribution in [0.2, 0.25) is 0 Å². The van der Waals surface area contributed by atoms with E-state index >= 15 is 0 Å². The lowest BCUT2D eigenvalue weighted by molar-refractivity contribution is 0.355. The number of fused-ring (bicyclic) bond motifs is 1. The summed E-state index contributed by atoms with van der Waals surface area (Å²) in [4.78, 5) is 0. The minimum Gasteiger partial charge on any atom is -0.496 e. The maximum Gasteiger partial charge on any atom is 0.161 e. The molecule has 0 fully saturated rings. The molecule has 0 aliphatic carbocycles. The summed E-state index contributed by atoms with van der Waals surface area (Å²) in [6, 6.07) is 9.75. The zero-order chi connectivity index (χ0) is 11.5. The molecule has 0 unspecified atom stereocenters. The molecule has 0 amide bonds. The second-order valence-electron chi connectivity index (χ2n) is 3.39. The Bertz CT molecular complexity index is 506. The van der Waals surface area contributed by atoms with Crippen molar-refractivity contribution in [3.8, 4) is 17.2 Å². The Morgan fingerprint density at radius 3 is 2.00 bits per heavy atom. The zero-order valence-corrected chi connectivity index (χ0v) is 9.61. The molecule has 0 bridgehead atoms. The predicted molar refractivity (Wildman–Crippen MR) is 63.6 cm³/mol. The Labute approximate surface area is 94.5 Å². The van der Waals surface area contributed by atoms with E-state index in [0.29, 0.717) is 5.75 Å². The monoisotopic (exact) mass is 218 g/mol. The molecule has 16 heavy (non-hydrogen) atoms. The van der Waals surface area contributed by atoms with Gasteiger partial charge in [-0.2, -0.15) is 0 Å². The van der Waals surface area contributed by atoms with Crippen LogP contribution in [0.15, 0.2) is 30.3 Å². The molecule has 0 atom stereocenters. The fourth-order valence-electron chi connectivity index (χ4n) is 1.75. The molecular weight excluding hydrogens is 204 g/mol. The van der Waals surface area contributed by atoms with Gasteiger partial charge >= 0.3 is 0 Å². The number of benzene rings is 2. The molecule has 0 aliphatic heterocycles. The van der Waals surface area contributed by atoms with Crippen molar-refractivity contribution in [2.24, 2.45) is 0 Å². The van der Waals surface area contributed by atoms with E-state index in [-0.39, 0.29) is 0 Å². The Kier molecular flexibility index (Phi) is 2.86. The molecule has 0 aromatic heterocycles. The van der Waals surface area contributed by atoms with Crippen LogP contribution in [-0.2, 0) is 0 Å². The van der Waals surface area contributed by atoms with Crippen molar-refractivity contribution in [2.45, 2.75) is 0 Å². The highest BCUT2D eigenvalue weighted by Crippen LogP contribution is 2.35. The van der Waals surface area contributed by atoms with Gasteiger partial charge in [0.05, 0.1) is 21.3 Å². The van der Waals surface area contributed by atoms with Gasteiger partial charge in [-0.25, -0.2) is 0 Å². The third kappa shape index (κ3) is 1.65. The second-order valence-corrected chi connectivity index (χ2v) is 3.39. The maximum absolute atomic E-state index is 5.30. The number of methoxy groups -OCH3 is 3. The largest absolute Gasteiger partial charge is 0.496 e. The summed E-state index contributed by atoms with van der Waals surface area (Å²) in [5.74, 6) is 2.27. The topological polar surface area (TPSA) is 27.7 Å². The molecule has 0 spiro atoms. The zero-order valence-electron chi connectivity index (χ0n) is 9.61. The van der Waals surface area contributed by atoms with Crippen molar-refractivity contribution in [1.29, 1.82) is 0 Å². The molecule has 2 aromatic carbocycles. The van der Waals surface area contributed by atoms with Crippen molar-refractivity contribution >= 4 is 10.8 Å². The van der Waals surface area contributed by atoms with Gasteiger partial charge in [0.1, 0.15) is 5.75 Å². The Morgan fingerprint density at radius 1 is 0.750 bits per heavy atom. The lowest BCUT2D eigenvalue weighted by Gasteiger charge is -2.11. The number of hydrogen-bond acceptors (Lipinski definition) is 3. The number of rotatable bonds is 3. The Balaban J connectivity index is 2.72. The van der Waals surface area contributed by atoms with E-state index in [1.165, 1.54) is 0 Å². The van der Waals surface area contributed by atoms with Crippen LogP contribution in [0.1, 0.15) is 0 Å². The molecule has 0 aliphatic rings. The van der Waals surface area contributed by atoms with Gasteiger partial charge < -0.3 is 14.2 Å². The fraction of sp³-hybridized carbons (Fsp3) is 0.231. The summed E-state index contributed by atoms with van der Waals surface area (Å²) in [6.45, 7) is 0. The first-order valence-electron chi connectivity index (χ1n) is 4.99. The minimum absolute atomic E-state index is 0.708. The highest BCUT2D eigenvalue weighted by molar-refractivity contribution is 5.91. The Morgan fingerprint density at radius 2 is 1.38 bits per heavy atom. The lowest BCUT2D eigenvalue weighted by Crippen LogP contribution is -1.91. The molecule has 3 heteroatoms. The molecule has 84 valence electrons. The highest BCUT2D eigenvalue weighted by Gasteiger charge is 2.08. The first-order valence-corrected chi connectivity index (χ1v) is 4.99. The Hall–Kier alpha value is -1.90. The molecule has 0 radical (unpaired) electrons. The highest BCUT2D eigenvalue weighted by atomic mass is 16.5. The average Bonchev–Trinajstić information content (AvgIpc) is 2.36. The van der Waals surface area contributed by atoms with E-state index < -0.39 is 0 Å². The van der Waals surface area contributed by atoms with Gasteiger partial charge in [-0.05, 0) is 23.6 Å². The second kappa shape index (κ2) is 4.31. The number of ether oxygens (including phenoxy) is 3. The van der Waals surface area contributed by atoms with Crippen LogP contribution in [0.4, 0.5) is 0 Å². The van der Waals surface area contributed by atoms with Gasteiger partial charge in [0.2, 0.25) is 0 Å². The molecule has 2 rings (SSSR count). The number of hydrogen-bond donors (Lipinski definition) is 0. The third-order valence-electron chi connectivity index (χ3n) is 2.56. The standard InChI is InChI=1S/C13H14O3/c1-14-11-6-4-5-9-7-12(15-2)13(16-3)8-10(9)11/h4-8H,1-3H3. The van der Waals surface area contributed by atoms with Gasteiger partial charge in [0.25, 0.3) is 0 Å². The van der Waals surface area contributed by atoms with Crippen LogP contribution in [-0.4, -0.2) is 21.3 Å². The van der Waals surface area contributed by atoms with Gasteiger partial charge in [0.15, 0.2) is 11.5 Å². The van der Waals surface area contributed by atoms with E-state index in [4.69, 9.17) is 14.2 Å². The van der Waals surface area contributed by atoms with Crippen LogP contribution in [0, 0.1) is 0 Å². The minimum atomic E-state index is 0.708. The summed E-state index contributed by atoms with van der Waals surface area (Å²) in [6.07, 6.45) is 0. The molecule has 0 saturated heterocycles. The molecule has 2 aromatic rings. The van der Waals surface area contributed by atoms with E-state index in [1.807, 2.05) is 30.3 Å². The summed E-state index contributed by atoms with van der Waals surface area (Å²) < 4.78 is 15.8. The van der Waals surface area contributed by atoms with Crippen LogP contribution < -0.4 is 14.2 Å². The van der Waals surface area contributed by atoms with E-state index in [9.17, 15) is 0 Å². The lowest BCUT2D eigenvalue weighted by atomic mass is 10.1. The quantitative estimate of drug-likeness (QED) is 0.792. The predicted octanol–water partition coefficient (Wildman–Crippen LogP) is 2.87. The van der Waals surface area contributed by atoms with Crippen LogP contribution in [0.3, 0.4) is 0 Å². The molecule has 0 N–H and O–H groups in total. The summed E-state index contributed by atoms with van der Waals surface area (Å²) in [5.41, 5.74) is 0. The normalized spacial score (nSPS) is 10.2. The van der Waals surface area contributed by atoms with Gasteiger partial charge in [-0.3, -0.25) is 0 Å². The van der Waals surface area contributed by atoms with Gasteiger partial charge in [-0.15, -0.1) is 0 Å². The molecule has 0 saturated carbocycles. The van der Waals surface area contributed by atoms with Crippen molar-refractivity contribution in [3.63, 3.8) is 0 Å². The maximum atomic E-state index is 5.30. The van der Waals surface area contributed by atoms with Crippen LogP contribution in [0.5, 0.6) is 17.2 Å². The van der Waals surface area contributed by atoms with Crippen molar-refractivity contribution < 1.29 is 14.2 Å². The van der Waals surface area contributed by atoms with E-state index in [0.717, 1.165) is 22.3 Å². The van der Waals surface area contributed by atoms with Crippen LogP contribution in [0.25, 0.3) is 10.8 Å². The third-order valence-corrected chi connectivity index (χ3v) is 2.56. The first kappa shape index (κ1) is 10.6. The smallest absolute Gasteiger partial charge is 0.161 e. The summed E-state index contributed by atoms with van der Waals surface area (Å²) in [7, 11) is 4.91. The van der Waals surface area contributed by atoms with Gasteiger partial charge in [-0.1, -0.05) is 12.1 Å². The van der Waals surface area contributed by atoms with Crippen LogP contribution >= 0.6 is 0 Å². The molecule has 0 heterocycles. The van der Waals surface area contributed by atoms with E-state index in [1.54, 1.807) is 21.3 Å². The summed E-state index contributed by atoms with van der Waals surface area (Å²) >= 11 is 0. The van der Waals surface area contributed by atoms with Crippen molar-refractivity contribution in [1.82, 2.24) is 0 Å². The molecular formula is C13H14O3. The average molecular weight is 218 g/mol. The van der Waals surface area contributed by atoms with Gasteiger partial charge in [0, 0.05) is 5.39 Å². The van der Waals surface area contributed by atoms with Crippen molar-refractivity contribution in [2.75, 3.05) is 21.3 Å². The van der Waals surface area contributed by atoms with Crippen molar-refractivity contribution in [3.05, 3.63) is 30.3 Å². The SMILES string of the molecule is COc1cc2cccc(OC)c2cc1OC.